The molecule has 2 aliphatic carbocycles. The van der Waals surface area contributed by atoms with Crippen LogP contribution in [0.4, 0.5) is 5.69 Å². The highest BCUT2D eigenvalue weighted by atomic mass is 35.5. The highest BCUT2D eigenvalue weighted by Crippen LogP contribution is 2.52. The van der Waals surface area contributed by atoms with Crippen LogP contribution in [0.15, 0.2) is 54.6 Å². The number of nitrogens with two attached hydrogens (primary N) is 1. The number of aliphatic hydroxyl groups excluding tert-OH is 1. The topological polar surface area (TPSA) is 180 Å². The molecular formula is C32H33ClN2O9. The lowest BCUT2D eigenvalue weighted by Crippen LogP contribution is -2.54. The molecule has 3 aliphatic rings. The molecule has 3 aromatic carbocycles. The number of phenols is 2. The van der Waals surface area contributed by atoms with Gasteiger partial charge in [0.05, 0.1) is 29.4 Å². The van der Waals surface area contributed by atoms with Gasteiger partial charge >= 0.3 is 0 Å². The minimum absolute atomic E-state index is 0. The number of fused-ring (bicyclic) bond motifs is 3. The number of carbonyl (C=O) groups excluding carboxylic acids is 3. The summed E-state index contributed by atoms with van der Waals surface area (Å²) in [6.07, 6.45) is -4.77. The molecular weight excluding hydrogens is 592 g/mol. The second kappa shape index (κ2) is 11.6. The number of para-hydroxylation sites is 1. The summed E-state index contributed by atoms with van der Waals surface area (Å²) in [5.41, 5.74) is 3.65. The quantitative estimate of drug-likeness (QED) is 0.212. The van der Waals surface area contributed by atoms with Gasteiger partial charge < -0.3 is 40.5 Å². The van der Waals surface area contributed by atoms with Crippen molar-refractivity contribution in [2.24, 2.45) is 5.73 Å². The van der Waals surface area contributed by atoms with Gasteiger partial charge in [-0.25, -0.2) is 0 Å². The summed E-state index contributed by atoms with van der Waals surface area (Å²) in [6.45, 7) is 1.62. The predicted molar refractivity (Wildman–Crippen MR) is 160 cm³/mol. The highest BCUT2D eigenvalue weighted by Gasteiger charge is 2.51. The second-order valence-electron chi connectivity index (χ2n) is 11.4. The van der Waals surface area contributed by atoms with E-state index >= 15 is 0 Å². The third-order valence-electron chi connectivity index (χ3n) is 8.69. The van der Waals surface area contributed by atoms with Gasteiger partial charge in [-0.15, -0.1) is 12.4 Å². The lowest BCUT2D eigenvalue weighted by molar-refractivity contribution is -0.247. The monoisotopic (exact) mass is 624 g/mol. The van der Waals surface area contributed by atoms with Crippen molar-refractivity contribution in [1.82, 2.24) is 0 Å². The zero-order valence-corrected chi connectivity index (χ0v) is 24.8. The van der Waals surface area contributed by atoms with E-state index in [1.54, 1.807) is 49.4 Å². The maximum atomic E-state index is 13.9. The number of rotatable bonds is 4. The van der Waals surface area contributed by atoms with Gasteiger partial charge in [-0.2, -0.15) is 0 Å². The lowest BCUT2D eigenvalue weighted by Gasteiger charge is -2.43. The minimum atomic E-state index is -2.16. The SMILES string of the molecule is CC1OC(O[C@H]2C[C@](O)(C(=O)N(C)c3ccccc3)Cc3c(O)c4c(c(O)c32)C(=O)c2ccccc2C4=O)CC(N)C1O.Cl. The number of halogens is 1. The Kier molecular flexibility index (Phi) is 8.31. The molecule has 0 saturated carbocycles. The van der Waals surface area contributed by atoms with Crippen molar-refractivity contribution in [2.45, 2.75) is 62.4 Å². The fourth-order valence-electron chi connectivity index (χ4n) is 6.40. The third-order valence-corrected chi connectivity index (χ3v) is 8.69. The minimum Gasteiger partial charge on any atom is -0.507 e. The van der Waals surface area contributed by atoms with E-state index in [0.717, 1.165) is 0 Å². The number of benzene rings is 3. The Morgan fingerprint density at radius 1 is 1.00 bits per heavy atom. The van der Waals surface area contributed by atoms with Crippen molar-refractivity contribution in [1.29, 1.82) is 0 Å². The average molecular weight is 625 g/mol. The molecule has 1 aliphatic heterocycles. The highest BCUT2D eigenvalue weighted by molar-refractivity contribution is 6.30. The molecule has 44 heavy (non-hydrogen) atoms. The van der Waals surface area contributed by atoms with Gasteiger partial charge in [0.15, 0.2) is 23.5 Å². The van der Waals surface area contributed by atoms with E-state index in [2.05, 4.69) is 0 Å². The zero-order chi connectivity index (χ0) is 30.8. The molecule has 3 aromatic rings. The van der Waals surface area contributed by atoms with Gasteiger partial charge in [0.2, 0.25) is 0 Å². The first kappa shape index (κ1) is 31.6. The molecule has 4 unspecified atom stereocenters. The summed E-state index contributed by atoms with van der Waals surface area (Å²) in [4.78, 5) is 42.2. The number of aliphatic hydroxyl groups is 2. The summed E-state index contributed by atoms with van der Waals surface area (Å²) in [5, 5.41) is 45.4. The molecule has 6 atom stereocenters. The molecule has 11 nitrogen and oxygen atoms in total. The van der Waals surface area contributed by atoms with Crippen LogP contribution in [0.1, 0.15) is 68.8 Å². The first-order valence-electron chi connectivity index (χ1n) is 14.0. The van der Waals surface area contributed by atoms with E-state index < -0.39 is 77.2 Å². The first-order valence-corrected chi connectivity index (χ1v) is 14.0. The molecule has 1 heterocycles. The average Bonchev–Trinajstić information content (AvgIpc) is 2.99. The number of carbonyl (C=O) groups is 3. The summed E-state index contributed by atoms with van der Waals surface area (Å²) >= 11 is 0. The summed E-state index contributed by atoms with van der Waals surface area (Å²) in [6, 6.07) is 14.0. The number of hydrogen-bond acceptors (Lipinski definition) is 10. The van der Waals surface area contributed by atoms with E-state index in [1.165, 1.54) is 24.1 Å². The number of likely N-dealkylation sites (N-methyl/N-ethyl adjacent to an activating group) is 1. The van der Waals surface area contributed by atoms with E-state index in [4.69, 9.17) is 15.2 Å². The van der Waals surface area contributed by atoms with Crippen molar-refractivity contribution < 1.29 is 44.3 Å². The Bertz CT molecular complexity index is 1640. The fraction of sp³-hybridized carbons (Fsp3) is 0.344. The van der Waals surface area contributed by atoms with E-state index in [1.807, 2.05) is 0 Å². The number of ketones is 2. The van der Waals surface area contributed by atoms with Crippen molar-refractivity contribution in [2.75, 3.05) is 11.9 Å². The largest absolute Gasteiger partial charge is 0.507 e. The van der Waals surface area contributed by atoms with Crippen LogP contribution in [-0.4, -0.2) is 75.1 Å². The third kappa shape index (κ3) is 4.95. The number of phenolic OH excluding ortho intramolecular Hbond substituents is 2. The van der Waals surface area contributed by atoms with Gasteiger partial charge in [0.25, 0.3) is 5.91 Å². The number of anilines is 1. The Hall–Kier alpha value is -3.84. The summed E-state index contributed by atoms with van der Waals surface area (Å²) in [7, 11) is 1.50. The van der Waals surface area contributed by atoms with Crippen molar-refractivity contribution in [3.05, 3.63) is 88.0 Å². The Morgan fingerprint density at radius 3 is 2.16 bits per heavy atom. The molecule has 1 saturated heterocycles. The van der Waals surface area contributed by atoms with Crippen LogP contribution >= 0.6 is 12.4 Å². The number of aromatic hydroxyl groups is 2. The van der Waals surface area contributed by atoms with Crippen LogP contribution in [0, 0.1) is 0 Å². The Morgan fingerprint density at radius 2 is 1.57 bits per heavy atom. The van der Waals surface area contributed by atoms with Gasteiger partial charge in [-0.1, -0.05) is 42.5 Å². The molecule has 1 fully saturated rings. The number of hydrogen-bond donors (Lipinski definition) is 5. The molecule has 1 amide bonds. The maximum Gasteiger partial charge on any atom is 0.259 e. The normalized spacial score (nSPS) is 27.4. The standard InChI is InChI=1S/C32H32N2O9.ClH/c1-15-26(35)20(33)12-22(42-15)43-21-14-32(41,31(40)34(2)16-8-4-3-5-9-16)13-19-23(21)30(39)25-24(29(19)38)27(36)17-10-6-7-11-18(17)28(25)37;/h3-11,15,20-22,26,35,38-39,41H,12-14,33H2,1-2H3;1H/t15?,20?,21-,22?,26?,32-;/m0./s1. The van der Waals surface area contributed by atoms with Crippen LogP contribution < -0.4 is 10.6 Å². The summed E-state index contributed by atoms with van der Waals surface area (Å²) < 4.78 is 12.0. The van der Waals surface area contributed by atoms with Gasteiger partial charge in [-0.3, -0.25) is 14.4 Å². The van der Waals surface area contributed by atoms with Gasteiger partial charge in [0.1, 0.15) is 11.5 Å². The molecule has 0 bridgehead atoms. The smallest absolute Gasteiger partial charge is 0.259 e. The van der Waals surface area contributed by atoms with Crippen LogP contribution in [0.5, 0.6) is 11.5 Å². The maximum absolute atomic E-state index is 13.9. The molecule has 0 radical (unpaired) electrons. The lowest BCUT2D eigenvalue weighted by atomic mass is 9.72. The second-order valence-corrected chi connectivity index (χ2v) is 11.4. The Balaban J connectivity index is 0.00000384. The van der Waals surface area contributed by atoms with Gasteiger partial charge in [-0.05, 0) is 19.1 Å². The number of nitrogens with zero attached hydrogens (tertiary/aromatic N) is 1. The molecule has 232 valence electrons. The summed E-state index contributed by atoms with van der Waals surface area (Å²) in [5.74, 6) is -3.26. The molecule has 6 rings (SSSR count). The van der Waals surface area contributed by atoms with Crippen LogP contribution in [0.2, 0.25) is 0 Å². The van der Waals surface area contributed by atoms with Crippen LogP contribution in [0.3, 0.4) is 0 Å². The predicted octanol–water partition coefficient (Wildman–Crippen LogP) is 2.52. The van der Waals surface area contributed by atoms with Gasteiger partial charge in [0, 0.05) is 60.3 Å². The van der Waals surface area contributed by atoms with Crippen LogP contribution in [0.25, 0.3) is 0 Å². The van der Waals surface area contributed by atoms with Crippen molar-refractivity contribution in [3.63, 3.8) is 0 Å². The molecule has 0 aromatic heterocycles. The van der Waals surface area contributed by atoms with E-state index in [9.17, 15) is 34.8 Å². The van der Waals surface area contributed by atoms with E-state index in [0.29, 0.717) is 5.69 Å². The fourth-order valence-corrected chi connectivity index (χ4v) is 6.40. The van der Waals surface area contributed by atoms with Crippen molar-refractivity contribution >= 4 is 35.6 Å². The number of amides is 1. The molecule has 6 N–H and O–H groups in total. The molecule has 0 spiro atoms. The zero-order valence-electron chi connectivity index (χ0n) is 24.0. The first-order chi connectivity index (χ1) is 20.4. The van der Waals surface area contributed by atoms with E-state index in [-0.39, 0.29) is 53.1 Å². The molecule has 12 heteroatoms. The Labute approximate surface area is 259 Å². The van der Waals surface area contributed by atoms with Crippen LogP contribution in [-0.2, 0) is 20.7 Å². The number of ether oxygens (including phenoxy) is 2. The van der Waals surface area contributed by atoms with Crippen molar-refractivity contribution in [3.8, 4) is 11.5 Å².